The minimum atomic E-state index is -0.122. The Labute approximate surface area is 160 Å². The number of methoxy groups -OCH3 is 1. The number of carbonyl (C=O) groups is 1. The summed E-state index contributed by atoms with van der Waals surface area (Å²) in [4.78, 5) is 13.8. The molecule has 5 nitrogen and oxygen atoms in total. The van der Waals surface area contributed by atoms with E-state index >= 15 is 0 Å². The van der Waals surface area contributed by atoms with Gasteiger partial charge in [-0.3, -0.25) is 4.79 Å². The van der Waals surface area contributed by atoms with Gasteiger partial charge in [0, 0.05) is 17.3 Å². The molecule has 0 spiro atoms. The monoisotopic (exact) mass is 387 g/mol. The van der Waals surface area contributed by atoms with Gasteiger partial charge in [-0.2, -0.15) is 5.26 Å². The topological polar surface area (TPSA) is 74.1 Å². The van der Waals surface area contributed by atoms with Crippen LogP contribution in [0.5, 0.6) is 5.75 Å². The summed E-state index contributed by atoms with van der Waals surface area (Å²) >= 11 is 7.89. The molecule has 1 amide bonds. The minimum Gasteiger partial charge on any atom is -0.495 e. The second kappa shape index (κ2) is 6.92. The van der Waals surface area contributed by atoms with Crippen molar-refractivity contribution in [2.24, 2.45) is 5.92 Å². The van der Waals surface area contributed by atoms with Gasteiger partial charge in [-0.1, -0.05) is 23.7 Å². The fraction of sp³-hybridized carbons (Fsp3) is 0.368. The molecule has 134 valence electrons. The fourth-order valence-corrected chi connectivity index (χ4v) is 5.06. The Morgan fingerprint density at radius 3 is 3.12 bits per heavy atom. The maximum Gasteiger partial charge on any atom is 0.228 e. The average Bonchev–Trinajstić information content (AvgIpc) is 3.37. The first-order valence-corrected chi connectivity index (χ1v) is 9.72. The zero-order valence-corrected chi connectivity index (χ0v) is 15.8. The van der Waals surface area contributed by atoms with Crippen LogP contribution in [-0.2, 0) is 17.8 Å². The van der Waals surface area contributed by atoms with Crippen molar-refractivity contribution in [2.45, 2.75) is 25.3 Å². The highest BCUT2D eigenvalue weighted by Crippen LogP contribution is 2.51. The van der Waals surface area contributed by atoms with Crippen LogP contribution in [0, 0.1) is 17.2 Å². The van der Waals surface area contributed by atoms with Gasteiger partial charge in [0.1, 0.15) is 16.8 Å². The van der Waals surface area contributed by atoms with Gasteiger partial charge in [-0.25, -0.2) is 0 Å². The Balaban J connectivity index is 1.51. The van der Waals surface area contributed by atoms with Crippen LogP contribution in [0.2, 0.25) is 5.02 Å². The molecule has 1 saturated carbocycles. The summed E-state index contributed by atoms with van der Waals surface area (Å²) < 4.78 is 5.26. The molecule has 1 aliphatic heterocycles. The molecule has 2 unspecified atom stereocenters. The van der Waals surface area contributed by atoms with Crippen LogP contribution in [0.25, 0.3) is 0 Å². The predicted octanol–water partition coefficient (Wildman–Crippen LogP) is 3.67. The molecule has 1 fully saturated rings. The summed E-state index contributed by atoms with van der Waals surface area (Å²) in [5.41, 5.74) is 2.65. The lowest BCUT2D eigenvalue weighted by atomic mass is 10.0. The summed E-state index contributed by atoms with van der Waals surface area (Å²) in [5.74, 6) is 0.556. The average molecular weight is 388 g/mol. The molecular formula is C19H18ClN3O2S. The number of nitriles is 1. The van der Waals surface area contributed by atoms with E-state index in [1.807, 2.05) is 18.2 Å². The van der Waals surface area contributed by atoms with Gasteiger partial charge in [0.2, 0.25) is 5.91 Å². The SMILES string of the molecule is COc1cccc(C2CC2C(=O)Nc2sc3c(c2C#N)CCNC3)c1Cl. The van der Waals surface area contributed by atoms with Crippen molar-refractivity contribution in [3.63, 3.8) is 0 Å². The first kappa shape index (κ1) is 17.3. The number of benzene rings is 1. The molecule has 1 aromatic heterocycles. The first-order chi connectivity index (χ1) is 12.6. The molecule has 2 aliphatic rings. The van der Waals surface area contributed by atoms with E-state index in [0.717, 1.165) is 41.9 Å². The van der Waals surface area contributed by atoms with Crippen LogP contribution in [0.4, 0.5) is 5.00 Å². The molecule has 0 radical (unpaired) electrons. The Morgan fingerprint density at radius 1 is 1.50 bits per heavy atom. The Bertz CT molecular complexity index is 918. The van der Waals surface area contributed by atoms with Gasteiger partial charge < -0.3 is 15.4 Å². The number of hydrogen-bond acceptors (Lipinski definition) is 5. The van der Waals surface area contributed by atoms with Crippen molar-refractivity contribution in [3.8, 4) is 11.8 Å². The first-order valence-electron chi connectivity index (χ1n) is 8.52. The minimum absolute atomic E-state index is 0.0445. The van der Waals surface area contributed by atoms with Crippen molar-refractivity contribution in [3.05, 3.63) is 44.8 Å². The second-order valence-corrected chi connectivity index (χ2v) is 8.03. The van der Waals surface area contributed by atoms with Crippen molar-refractivity contribution in [1.29, 1.82) is 5.26 Å². The van der Waals surface area contributed by atoms with Crippen molar-refractivity contribution >= 4 is 33.8 Å². The third kappa shape index (κ3) is 2.96. The zero-order chi connectivity index (χ0) is 18.3. The molecule has 26 heavy (non-hydrogen) atoms. The largest absolute Gasteiger partial charge is 0.495 e. The van der Waals surface area contributed by atoms with E-state index in [2.05, 4.69) is 16.7 Å². The fourth-order valence-electron chi connectivity index (χ4n) is 3.55. The highest BCUT2D eigenvalue weighted by atomic mass is 35.5. The summed E-state index contributed by atoms with van der Waals surface area (Å²) in [7, 11) is 1.58. The number of carbonyl (C=O) groups excluding carboxylic acids is 1. The molecule has 2 N–H and O–H groups in total. The molecule has 0 bridgehead atoms. The number of thiophene rings is 1. The van der Waals surface area contributed by atoms with E-state index in [1.165, 1.54) is 11.3 Å². The van der Waals surface area contributed by atoms with Crippen LogP contribution in [0.1, 0.15) is 33.9 Å². The molecule has 7 heteroatoms. The van der Waals surface area contributed by atoms with Gasteiger partial charge >= 0.3 is 0 Å². The highest BCUT2D eigenvalue weighted by Gasteiger charge is 2.45. The van der Waals surface area contributed by atoms with Crippen LogP contribution in [0.15, 0.2) is 18.2 Å². The van der Waals surface area contributed by atoms with Gasteiger partial charge in [-0.05, 0) is 42.5 Å². The number of halogens is 1. The maximum absolute atomic E-state index is 12.7. The van der Waals surface area contributed by atoms with Crippen LogP contribution in [0.3, 0.4) is 0 Å². The van der Waals surface area contributed by atoms with E-state index in [1.54, 1.807) is 7.11 Å². The molecule has 1 aromatic carbocycles. The predicted molar refractivity (Wildman–Crippen MR) is 102 cm³/mol. The van der Waals surface area contributed by atoms with Crippen molar-refractivity contribution in [1.82, 2.24) is 5.32 Å². The molecule has 2 atom stereocenters. The lowest BCUT2D eigenvalue weighted by Gasteiger charge is -2.11. The number of anilines is 1. The molecule has 1 aliphatic carbocycles. The van der Waals surface area contributed by atoms with E-state index in [0.29, 0.717) is 21.3 Å². The summed E-state index contributed by atoms with van der Waals surface area (Å²) in [6.45, 7) is 1.63. The van der Waals surface area contributed by atoms with Gasteiger partial charge in [0.15, 0.2) is 0 Å². The van der Waals surface area contributed by atoms with Gasteiger partial charge in [0.25, 0.3) is 0 Å². The molecular weight excluding hydrogens is 370 g/mol. The Kier molecular flexibility index (Phi) is 4.62. The number of hydrogen-bond donors (Lipinski definition) is 2. The normalized spacial score (nSPS) is 20.8. The highest BCUT2D eigenvalue weighted by molar-refractivity contribution is 7.16. The smallest absolute Gasteiger partial charge is 0.228 e. The quantitative estimate of drug-likeness (QED) is 0.839. The number of fused-ring (bicyclic) bond motifs is 1. The number of rotatable bonds is 4. The zero-order valence-electron chi connectivity index (χ0n) is 14.3. The third-order valence-corrected chi connectivity index (χ3v) is 6.57. The van der Waals surface area contributed by atoms with Crippen molar-refractivity contribution in [2.75, 3.05) is 19.0 Å². The maximum atomic E-state index is 12.7. The number of amides is 1. The van der Waals surface area contributed by atoms with Crippen LogP contribution < -0.4 is 15.4 Å². The van der Waals surface area contributed by atoms with E-state index in [-0.39, 0.29) is 17.7 Å². The van der Waals surface area contributed by atoms with Crippen LogP contribution >= 0.6 is 22.9 Å². The lowest BCUT2D eigenvalue weighted by Crippen LogP contribution is -2.22. The lowest BCUT2D eigenvalue weighted by molar-refractivity contribution is -0.117. The molecule has 2 aromatic rings. The summed E-state index contributed by atoms with van der Waals surface area (Å²) in [5, 5.41) is 17.0. The van der Waals surface area contributed by atoms with Crippen LogP contribution in [-0.4, -0.2) is 19.6 Å². The van der Waals surface area contributed by atoms with E-state index in [4.69, 9.17) is 16.3 Å². The number of nitrogens with zero attached hydrogens (tertiary/aromatic N) is 1. The summed E-state index contributed by atoms with van der Waals surface area (Å²) in [6.07, 6.45) is 1.59. The van der Waals surface area contributed by atoms with Crippen molar-refractivity contribution < 1.29 is 9.53 Å². The standard InChI is InChI=1S/C19H18ClN3O2S/c1-25-15-4-2-3-11(17(15)20)12-7-13(12)18(24)23-19-14(8-21)10-5-6-22-9-16(10)26-19/h2-4,12-13,22H,5-7,9H2,1H3,(H,23,24). The third-order valence-electron chi connectivity index (χ3n) is 5.02. The van der Waals surface area contributed by atoms with E-state index in [9.17, 15) is 10.1 Å². The molecule has 4 rings (SSSR count). The van der Waals surface area contributed by atoms with Gasteiger partial charge in [-0.15, -0.1) is 11.3 Å². The summed E-state index contributed by atoms with van der Waals surface area (Å²) in [6, 6.07) is 7.91. The number of nitrogens with one attached hydrogen (secondary N) is 2. The van der Waals surface area contributed by atoms with Gasteiger partial charge in [0.05, 0.1) is 17.7 Å². The number of ether oxygens (including phenoxy) is 1. The Hall–Kier alpha value is -2.07. The second-order valence-electron chi connectivity index (χ2n) is 6.55. The molecule has 0 saturated heterocycles. The van der Waals surface area contributed by atoms with E-state index < -0.39 is 0 Å². The Morgan fingerprint density at radius 2 is 2.35 bits per heavy atom. The molecule has 2 heterocycles.